The Labute approximate surface area is 126 Å². The molecule has 0 saturated carbocycles. The number of ether oxygens (including phenoxy) is 1. The van der Waals surface area contributed by atoms with Crippen LogP contribution in [0, 0.1) is 0 Å². The van der Waals surface area contributed by atoms with Crippen LogP contribution in [0.5, 0.6) is 0 Å². The van der Waals surface area contributed by atoms with Crippen molar-refractivity contribution < 1.29 is 9.53 Å². The van der Waals surface area contributed by atoms with E-state index in [1.807, 2.05) is 6.07 Å². The quantitative estimate of drug-likeness (QED) is 0.667. The van der Waals surface area contributed by atoms with Crippen molar-refractivity contribution in [3.63, 3.8) is 0 Å². The van der Waals surface area contributed by atoms with Crippen LogP contribution in [-0.4, -0.2) is 49.5 Å². The molecule has 118 valence electrons. The highest BCUT2D eigenvalue weighted by atomic mass is 16.5. The lowest BCUT2D eigenvalue weighted by molar-refractivity contribution is 0.0942. The molecule has 1 N–H and O–H groups in total. The molecule has 1 aromatic rings. The Morgan fingerprint density at radius 3 is 2.48 bits per heavy atom. The lowest BCUT2D eigenvalue weighted by Crippen LogP contribution is -2.28. The first-order valence-electron chi connectivity index (χ1n) is 7.58. The van der Waals surface area contributed by atoms with E-state index in [4.69, 9.17) is 4.74 Å². The minimum Gasteiger partial charge on any atom is -0.385 e. The van der Waals surface area contributed by atoms with Gasteiger partial charge in [0.05, 0.1) is 0 Å². The first kappa shape index (κ1) is 17.4. The lowest BCUT2D eigenvalue weighted by atomic mass is 10.3. The maximum Gasteiger partial charge on any atom is 0.271 e. The van der Waals surface area contributed by atoms with Crippen LogP contribution < -0.4 is 10.2 Å². The molecule has 0 bridgehead atoms. The molecule has 0 unspecified atom stereocenters. The molecule has 0 aliphatic rings. The molecule has 21 heavy (non-hydrogen) atoms. The normalized spacial score (nSPS) is 10.4. The first-order valence-corrected chi connectivity index (χ1v) is 7.58. The Kier molecular flexibility index (Phi) is 8.35. The molecular weight excluding hydrogens is 268 g/mol. The fourth-order valence-electron chi connectivity index (χ4n) is 2.00. The van der Waals surface area contributed by atoms with Crippen LogP contribution >= 0.6 is 0 Å². The first-order chi connectivity index (χ1) is 10.2. The molecule has 6 nitrogen and oxygen atoms in total. The second-order valence-corrected chi connectivity index (χ2v) is 4.87. The van der Waals surface area contributed by atoms with Gasteiger partial charge in [-0.05, 0) is 31.4 Å². The summed E-state index contributed by atoms with van der Waals surface area (Å²) in [6.07, 6.45) is 2.90. The van der Waals surface area contributed by atoms with Crippen molar-refractivity contribution in [3.05, 3.63) is 17.8 Å². The van der Waals surface area contributed by atoms with Crippen LogP contribution in [0.1, 0.15) is 43.6 Å². The number of amides is 1. The number of rotatable bonds is 10. The van der Waals surface area contributed by atoms with Gasteiger partial charge in [0.1, 0.15) is 0 Å². The molecule has 0 atom stereocenters. The van der Waals surface area contributed by atoms with Crippen LogP contribution in [0.25, 0.3) is 0 Å². The SMILES string of the molecule is CCCN(CCC)c1ccc(C(=O)NCCCOC)nn1. The van der Waals surface area contributed by atoms with Gasteiger partial charge < -0.3 is 15.0 Å². The summed E-state index contributed by atoms with van der Waals surface area (Å²) in [7, 11) is 1.64. The number of nitrogens with zero attached hydrogens (tertiary/aromatic N) is 3. The minimum atomic E-state index is -0.192. The zero-order chi connectivity index (χ0) is 15.5. The van der Waals surface area contributed by atoms with Gasteiger partial charge in [-0.2, -0.15) is 0 Å². The highest BCUT2D eigenvalue weighted by Gasteiger charge is 2.10. The molecule has 0 fully saturated rings. The molecule has 0 radical (unpaired) electrons. The third kappa shape index (κ3) is 6.08. The van der Waals surface area contributed by atoms with Gasteiger partial charge in [0.2, 0.25) is 0 Å². The molecule has 0 saturated heterocycles. The van der Waals surface area contributed by atoms with Crippen LogP contribution in [-0.2, 0) is 4.74 Å². The smallest absolute Gasteiger partial charge is 0.271 e. The van der Waals surface area contributed by atoms with E-state index in [-0.39, 0.29) is 5.91 Å². The largest absolute Gasteiger partial charge is 0.385 e. The average molecular weight is 294 g/mol. The predicted octanol–water partition coefficient (Wildman–Crippen LogP) is 1.87. The van der Waals surface area contributed by atoms with E-state index >= 15 is 0 Å². The second kappa shape index (κ2) is 10.1. The molecule has 1 amide bonds. The van der Waals surface area contributed by atoms with Crippen LogP contribution in [0.3, 0.4) is 0 Å². The van der Waals surface area contributed by atoms with E-state index < -0.39 is 0 Å². The van der Waals surface area contributed by atoms with Gasteiger partial charge in [-0.15, -0.1) is 10.2 Å². The highest BCUT2D eigenvalue weighted by Crippen LogP contribution is 2.10. The minimum absolute atomic E-state index is 0.192. The lowest BCUT2D eigenvalue weighted by Gasteiger charge is -2.21. The Hall–Kier alpha value is -1.69. The Balaban J connectivity index is 2.57. The number of methoxy groups -OCH3 is 1. The van der Waals surface area contributed by atoms with Gasteiger partial charge in [0.25, 0.3) is 5.91 Å². The van der Waals surface area contributed by atoms with E-state index in [0.717, 1.165) is 38.2 Å². The number of hydrogen-bond acceptors (Lipinski definition) is 5. The Bertz CT molecular complexity index is 403. The molecule has 6 heteroatoms. The third-order valence-corrected chi connectivity index (χ3v) is 3.00. The van der Waals surface area contributed by atoms with Gasteiger partial charge in [-0.25, -0.2) is 0 Å². The van der Waals surface area contributed by atoms with Crippen molar-refractivity contribution in [2.75, 3.05) is 38.3 Å². The summed E-state index contributed by atoms with van der Waals surface area (Å²) >= 11 is 0. The highest BCUT2D eigenvalue weighted by molar-refractivity contribution is 5.92. The Morgan fingerprint density at radius 1 is 1.24 bits per heavy atom. The van der Waals surface area contributed by atoms with E-state index in [1.54, 1.807) is 13.2 Å². The van der Waals surface area contributed by atoms with Crippen LogP contribution in [0.4, 0.5) is 5.82 Å². The number of carbonyl (C=O) groups is 1. The van der Waals surface area contributed by atoms with Crippen molar-refractivity contribution in [1.29, 1.82) is 0 Å². The van der Waals surface area contributed by atoms with Crippen molar-refractivity contribution in [1.82, 2.24) is 15.5 Å². The number of anilines is 1. The summed E-state index contributed by atoms with van der Waals surface area (Å²) in [5, 5.41) is 11.0. The maximum atomic E-state index is 11.9. The van der Waals surface area contributed by atoms with Crippen molar-refractivity contribution >= 4 is 11.7 Å². The molecular formula is C15H26N4O2. The third-order valence-electron chi connectivity index (χ3n) is 3.00. The van der Waals surface area contributed by atoms with Crippen LogP contribution in [0.2, 0.25) is 0 Å². The molecule has 0 spiro atoms. The summed E-state index contributed by atoms with van der Waals surface area (Å²) < 4.78 is 4.93. The number of aromatic nitrogens is 2. The molecule has 1 rings (SSSR count). The van der Waals surface area contributed by atoms with E-state index in [1.165, 1.54) is 0 Å². The molecule has 0 aliphatic carbocycles. The zero-order valence-corrected chi connectivity index (χ0v) is 13.3. The second-order valence-electron chi connectivity index (χ2n) is 4.87. The van der Waals surface area contributed by atoms with Gasteiger partial charge in [-0.1, -0.05) is 13.8 Å². The number of nitrogens with one attached hydrogen (secondary N) is 1. The number of carbonyl (C=O) groups excluding carboxylic acids is 1. The predicted molar refractivity (Wildman–Crippen MR) is 83.7 cm³/mol. The molecule has 1 heterocycles. The van der Waals surface area contributed by atoms with Crippen molar-refractivity contribution in [2.24, 2.45) is 0 Å². The molecule has 0 aliphatic heterocycles. The summed E-state index contributed by atoms with van der Waals surface area (Å²) in [5.41, 5.74) is 0.351. The summed E-state index contributed by atoms with van der Waals surface area (Å²) in [5.74, 6) is 0.636. The van der Waals surface area contributed by atoms with Crippen molar-refractivity contribution in [2.45, 2.75) is 33.1 Å². The summed E-state index contributed by atoms with van der Waals surface area (Å²) in [6, 6.07) is 3.59. The monoisotopic (exact) mass is 294 g/mol. The zero-order valence-electron chi connectivity index (χ0n) is 13.3. The number of hydrogen-bond donors (Lipinski definition) is 1. The van der Waals surface area contributed by atoms with Gasteiger partial charge in [-0.3, -0.25) is 4.79 Å². The van der Waals surface area contributed by atoms with E-state index in [2.05, 4.69) is 34.3 Å². The van der Waals surface area contributed by atoms with Crippen LogP contribution in [0.15, 0.2) is 12.1 Å². The Morgan fingerprint density at radius 2 is 1.95 bits per heavy atom. The summed E-state index contributed by atoms with van der Waals surface area (Å²) in [6.45, 7) is 7.38. The van der Waals surface area contributed by atoms with Gasteiger partial charge >= 0.3 is 0 Å². The maximum absolute atomic E-state index is 11.9. The molecule has 0 aromatic carbocycles. The standard InChI is InChI=1S/C15H26N4O2/c1-4-10-19(11-5-2)14-8-7-13(17-18-14)15(20)16-9-6-12-21-3/h7-8H,4-6,9-12H2,1-3H3,(H,16,20). The summed E-state index contributed by atoms with van der Waals surface area (Å²) in [4.78, 5) is 14.1. The van der Waals surface area contributed by atoms with Gasteiger partial charge in [0.15, 0.2) is 11.5 Å². The van der Waals surface area contributed by atoms with Gasteiger partial charge in [0, 0.05) is 33.4 Å². The van der Waals surface area contributed by atoms with Crippen molar-refractivity contribution in [3.8, 4) is 0 Å². The topological polar surface area (TPSA) is 67.4 Å². The fourth-order valence-corrected chi connectivity index (χ4v) is 2.00. The van der Waals surface area contributed by atoms with E-state index in [0.29, 0.717) is 18.8 Å². The van der Waals surface area contributed by atoms with E-state index in [9.17, 15) is 4.79 Å². The molecule has 1 aromatic heterocycles. The average Bonchev–Trinajstić information content (AvgIpc) is 2.51. The fraction of sp³-hybridized carbons (Fsp3) is 0.667.